The lowest BCUT2D eigenvalue weighted by Crippen LogP contribution is -2.16. The zero-order valence-electron chi connectivity index (χ0n) is 13.7. The van der Waals surface area contributed by atoms with Gasteiger partial charge in [-0.3, -0.25) is 0 Å². The lowest BCUT2D eigenvalue weighted by Gasteiger charge is -2.19. The summed E-state index contributed by atoms with van der Waals surface area (Å²) in [5, 5.41) is 0. The molecule has 1 unspecified atom stereocenters. The number of rotatable bonds is 8. The third kappa shape index (κ3) is 4.70. The van der Waals surface area contributed by atoms with Crippen molar-refractivity contribution in [3.05, 3.63) is 59.4 Å². The van der Waals surface area contributed by atoms with Crippen molar-refractivity contribution in [2.45, 2.75) is 25.7 Å². The lowest BCUT2D eigenvalue weighted by molar-refractivity contribution is 0.317. The fraction of sp³-hybridized carbons (Fsp3) is 0.368. The summed E-state index contributed by atoms with van der Waals surface area (Å²) in [6.45, 7) is 3.19. The Kier molecular flexibility index (Phi) is 6.41. The number of methoxy groups -OCH3 is 1. The average molecular weight is 317 g/mol. The lowest BCUT2D eigenvalue weighted by atomic mass is 9.91. The first-order chi connectivity index (χ1) is 11.2. The van der Waals surface area contributed by atoms with Gasteiger partial charge in [-0.15, -0.1) is 0 Å². The molecular formula is C19H24FNO2. The van der Waals surface area contributed by atoms with Gasteiger partial charge >= 0.3 is 0 Å². The summed E-state index contributed by atoms with van der Waals surface area (Å²) in [4.78, 5) is 0. The van der Waals surface area contributed by atoms with Crippen LogP contribution in [-0.2, 0) is 6.42 Å². The Morgan fingerprint density at radius 2 is 2.00 bits per heavy atom. The van der Waals surface area contributed by atoms with E-state index in [0.29, 0.717) is 25.3 Å². The van der Waals surface area contributed by atoms with Crippen LogP contribution in [0.15, 0.2) is 42.5 Å². The third-order valence-electron chi connectivity index (χ3n) is 3.77. The van der Waals surface area contributed by atoms with E-state index in [4.69, 9.17) is 15.2 Å². The summed E-state index contributed by atoms with van der Waals surface area (Å²) in [5.41, 5.74) is 7.85. The van der Waals surface area contributed by atoms with Gasteiger partial charge < -0.3 is 15.2 Å². The highest BCUT2D eigenvalue weighted by molar-refractivity contribution is 5.39. The van der Waals surface area contributed by atoms with Crippen LogP contribution in [0, 0.1) is 5.82 Å². The van der Waals surface area contributed by atoms with Gasteiger partial charge in [0.1, 0.15) is 17.3 Å². The molecule has 0 heterocycles. The molecule has 0 radical (unpaired) electrons. The molecule has 2 N–H and O–H groups in total. The molecule has 23 heavy (non-hydrogen) atoms. The van der Waals surface area contributed by atoms with Crippen LogP contribution in [0.3, 0.4) is 0 Å². The molecule has 0 aliphatic heterocycles. The Hall–Kier alpha value is -2.07. The first-order valence-corrected chi connectivity index (χ1v) is 7.93. The normalized spacial score (nSPS) is 12.0. The van der Waals surface area contributed by atoms with E-state index in [1.807, 2.05) is 24.3 Å². The van der Waals surface area contributed by atoms with E-state index < -0.39 is 0 Å². The Balaban J connectivity index is 2.21. The van der Waals surface area contributed by atoms with E-state index in [0.717, 1.165) is 23.3 Å². The standard InChI is InChI=1S/C19H24FNO2/c1-3-9-23-17-6-4-5-14(11-17)10-15(13-21)18-12-16(20)7-8-19(18)22-2/h4-8,11-12,15H,3,9-10,13,21H2,1-2H3. The molecule has 0 saturated heterocycles. The first kappa shape index (κ1) is 17.3. The highest BCUT2D eigenvalue weighted by Gasteiger charge is 2.17. The molecule has 3 nitrogen and oxygen atoms in total. The number of benzene rings is 2. The largest absolute Gasteiger partial charge is 0.496 e. The van der Waals surface area contributed by atoms with E-state index in [1.165, 1.54) is 12.1 Å². The second kappa shape index (κ2) is 8.53. The topological polar surface area (TPSA) is 44.5 Å². The maximum absolute atomic E-state index is 13.6. The van der Waals surface area contributed by atoms with Crippen molar-refractivity contribution >= 4 is 0 Å². The molecule has 1 atom stereocenters. The summed E-state index contributed by atoms with van der Waals surface area (Å²) in [6.07, 6.45) is 1.68. The number of ether oxygens (including phenoxy) is 2. The van der Waals surface area contributed by atoms with Gasteiger partial charge in [-0.1, -0.05) is 19.1 Å². The van der Waals surface area contributed by atoms with Crippen LogP contribution in [0.2, 0.25) is 0 Å². The van der Waals surface area contributed by atoms with Crippen LogP contribution in [-0.4, -0.2) is 20.3 Å². The average Bonchev–Trinajstić information content (AvgIpc) is 2.58. The van der Waals surface area contributed by atoms with Gasteiger partial charge in [0.2, 0.25) is 0 Å². The highest BCUT2D eigenvalue weighted by Crippen LogP contribution is 2.30. The maximum Gasteiger partial charge on any atom is 0.123 e. The van der Waals surface area contributed by atoms with Gasteiger partial charge in [0.25, 0.3) is 0 Å². The fourth-order valence-corrected chi connectivity index (χ4v) is 2.61. The van der Waals surface area contributed by atoms with Gasteiger partial charge in [0.15, 0.2) is 0 Å². The van der Waals surface area contributed by atoms with Gasteiger partial charge in [-0.05, 0) is 55.3 Å². The van der Waals surface area contributed by atoms with Crippen LogP contribution in [0.1, 0.15) is 30.4 Å². The monoisotopic (exact) mass is 317 g/mol. The van der Waals surface area contributed by atoms with E-state index in [1.54, 1.807) is 13.2 Å². The van der Waals surface area contributed by atoms with Gasteiger partial charge in [0.05, 0.1) is 13.7 Å². The molecule has 2 aromatic rings. The van der Waals surface area contributed by atoms with Crippen molar-refractivity contribution in [2.75, 3.05) is 20.3 Å². The summed E-state index contributed by atoms with van der Waals surface area (Å²) < 4.78 is 24.6. The number of halogens is 1. The first-order valence-electron chi connectivity index (χ1n) is 7.93. The predicted molar refractivity (Wildman–Crippen MR) is 90.7 cm³/mol. The van der Waals surface area contributed by atoms with Crippen molar-refractivity contribution in [3.63, 3.8) is 0 Å². The minimum absolute atomic E-state index is 0.0120. The molecule has 4 heteroatoms. The maximum atomic E-state index is 13.6. The van der Waals surface area contributed by atoms with Gasteiger partial charge in [-0.2, -0.15) is 0 Å². The second-order valence-corrected chi connectivity index (χ2v) is 5.52. The van der Waals surface area contributed by atoms with Crippen molar-refractivity contribution < 1.29 is 13.9 Å². The zero-order valence-corrected chi connectivity index (χ0v) is 13.7. The van der Waals surface area contributed by atoms with Crippen LogP contribution >= 0.6 is 0 Å². The molecular weight excluding hydrogens is 293 g/mol. The van der Waals surface area contributed by atoms with Crippen LogP contribution in [0.4, 0.5) is 4.39 Å². The summed E-state index contributed by atoms with van der Waals surface area (Å²) in [6, 6.07) is 12.5. The molecule has 0 aliphatic rings. The molecule has 0 amide bonds. The fourth-order valence-electron chi connectivity index (χ4n) is 2.61. The van der Waals surface area contributed by atoms with Crippen LogP contribution in [0.25, 0.3) is 0 Å². The summed E-state index contributed by atoms with van der Waals surface area (Å²) in [7, 11) is 1.59. The highest BCUT2D eigenvalue weighted by atomic mass is 19.1. The van der Waals surface area contributed by atoms with E-state index in [9.17, 15) is 4.39 Å². The molecule has 2 aromatic carbocycles. The molecule has 0 aromatic heterocycles. The van der Waals surface area contributed by atoms with Crippen molar-refractivity contribution in [1.29, 1.82) is 0 Å². The molecule has 0 bridgehead atoms. The predicted octanol–water partition coefficient (Wildman–Crippen LogP) is 3.91. The van der Waals surface area contributed by atoms with Crippen molar-refractivity contribution in [3.8, 4) is 11.5 Å². The smallest absolute Gasteiger partial charge is 0.123 e. The number of hydrogen-bond acceptors (Lipinski definition) is 3. The third-order valence-corrected chi connectivity index (χ3v) is 3.77. The molecule has 0 spiro atoms. The minimum atomic E-state index is -0.278. The van der Waals surface area contributed by atoms with E-state index in [-0.39, 0.29) is 11.7 Å². The zero-order chi connectivity index (χ0) is 16.7. The molecule has 2 rings (SSSR count). The van der Waals surface area contributed by atoms with E-state index >= 15 is 0 Å². The molecule has 0 aliphatic carbocycles. The summed E-state index contributed by atoms with van der Waals surface area (Å²) >= 11 is 0. The second-order valence-electron chi connectivity index (χ2n) is 5.52. The Morgan fingerprint density at radius 3 is 2.70 bits per heavy atom. The molecule has 0 fully saturated rings. The SMILES string of the molecule is CCCOc1cccc(CC(CN)c2cc(F)ccc2OC)c1. The number of hydrogen-bond donors (Lipinski definition) is 1. The van der Waals surface area contributed by atoms with Gasteiger partial charge in [-0.25, -0.2) is 4.39 Å². The number of nitrogens with two attached hydrogens (primary N) is 1. The van der Waals surface area contributed by atoms with Crippen LogP contribution < -0.4 is 15.2 Å². The summed E-state index contributed by atoms with van der Waals surface area (Å²) in [5.74, 6) is 1.23. The van der Waals surface area contributed by atoms with Crippen LogP contribution in [0.5, 0.6) is 11.5 Å². The van der Waals surface area contributed by atoms with E-state index in [2.05, 4.69) is 6.92 Å². The Bertz CT molecular complexity index is 631. The quantitative estimate of drug-likeness (QED) is 0.803. The Labute approximate surface area is 137 Å². The van der Waals surface area contributed by atoms with Gasteiger partial charge in [0, 0.05) is 11.5 Å². The minimum Gasteiger partial charge on any atom is -0.496 e. The van der Waals surface area contributed by atoms with Crippen molar-refractivity contribution in [2.24, 2.45) is 5.73 Å². The molecule has 124 valence electrons. The molecule has 0 saturated carbocycles. The Morgan fingerprint density at radius 1 is 1.17 bits per heavy atom. The van der Waals surface area contributed by atoms with Crippen molar-refractivity contribution in [1.82, 2.24) is 0 Å².